The van der Waals surface area contributed by atoms with Crippen LogP contribution >= 0.6 is 15.9 Å². The van der Waals surface area contributed by atoms with Crippen molar-refractivity contribution in [3.63, 3.8) is 0 Å². The van der Waals surface area contributed by atoms with E-state index in [0.29, 0.717) is 6.04 Å². The summed E-state index contributed by atoms with van der Waals surface area (Å²) in [6.07, 6.45) is 2.20. The van der Waals surface area contributed by atoms with Crippen LogP contribution in [0, 0.1) is 6.92 Å². The molecule has 1 aromatic carbocycles. The van der Waals surface area contributed by atoms with Gasteiger partial charge in [0.05, 0.1) is 0 Å². The van der Waals surface area contributed by atoms with Gasteiger partial charge in [0.1, 0.15) is 0 Å². The van der Waals surface area contributed by atoms with E-state index in [1.807, 2.05) is 25.1 Å². The molecule has 1 aromatic rings. The molecule has 0 radical (unpaired) electrons. The molecule has 2 rings (SSSR count). The van der Waals surface area contributed by atoms with Gasteiger partial charge >= 0.3 is 6.03 Å². The Morgan fingerprint density at radius 2 is 2.20 bits per heavy atom. The molecule has 80 valence electrons. The van der Waals surface area contributed by atoms with Crippen molar-refractivity contribution < 1.29 is 4.79 Å². The number of anilines is 1. The number of nitrogens with one attached hydrogen (secondary N) is 2. The van der Waals surface area contributed by atoms with Gasteiger partial charge in [-0.3, -0.25) is 0 Å². The molecule has 1 aliphatic carbocycles. The Morgan fingerprint density at radius 1 is 1.47 bits per heavy atom. The van der Waals surface area contributed by atoms with Gasteiger partial charge in [0.2, 0.25) is 0 Å². The third-order valence-corrected chi connectivity index (χ3v) is 3.29. The molecule has 2 N–H and O–H groups in total. The summed E-state index contributed by atoms with van der Waals surface area (Å²) in [5.74, 6) is 0. The van der Waals surface area contributed by atoms with Crippen molar-refractivity contribution >= 4 is 27.6 Å². The molecule has 2 amide bonds. The van der Waals surface area contributed by atoms with E-state index in [2.05, 4.69) is 26.6 Å². The first kappa shape index (κ1) is 10.5. The second-order valence-electron chi connectivity index (χ2n) is 3.79. The van der Waals surface area contributed by atoms with Gasteiger partial charge in [-0.2, -0.15) is 0 Å². The maximum atomic E-state index is 11.5. The maximum absolute atomic E-state index is 11.5. The standard InChI is InChI=1S/C11H13BrN2O/c1-7-9(12)3-2-4-10(7)14-11(15)13-8-5-6-8/h2-4,8H,5-6H2,1H3,(H2,13,14,15). The zero-order chi connectivity index (χ0) is 10.8. The summed E-state index contributed by atoms with van der Waals surface area (Å²) < 4.78 is 1.01. The molecule has 0 saturated heterocycles. The Balaban J connectivity index is 2.02. The SMILES string of the molecule is Cc1c(Br)cccc1NC(=O)NC1CC1. The van der Waals surface area contributed by atoms with E-state index in [0.717, 1.165) is 28.6 Å². The van der Waals surface area contributed by atoms with Crippen LogP contribution in [0.3, 0.4) is 0 Å². The molecule has 0 unspecified atom stereocenters. The van der Waals surface area contributed by atoms with Gasteiger partial charge in [0.25, 0.3) is 0 Å². The van der Waals surface area contributed by atoms with E-state index in [1.54, 1.807) is 0 Å². The Morgan fingerprint density at radius 3 is 2.87 bits per heavy atom. The van der Waals surface area contributed by atoms with Gasteiger partial charge in [0, 0.05) is 16.2 Å². The number of hydrogen-bond acceptors (Lipinski definition) is 1. The van der Waals surface area contributed by atoms with Crippen LogP contribution < -0.4 is 10.6 Å². The fourth-order valence-electron chi connectivity index (χ4n) is 1.31. The lowest BCUT2D eigenvalue weighted by Gasteiger charge is -2.10. The molecule has 0 spiro atoms. The van der Waals surface area contributed by atoms with Crippen molar-refractivity contribution in [2.75, 3.05) is 5.32 Å². The molecule has 4 heteroatoms. The molecule has 15 heavy (non-hydrogen) atoms. The highest BCUT2D eigenvalue weighted by Gasteiger charge is 2.23. The molecule has 0 atom stereocenters. The van der Waals surface area contributed by atoms with Crippen LogP contribution in [0.2, 0.25) is 0 Å². The summed E-state index contributed by atoms with van der Waals surface area (Å²) in [6, 6.07) is 6.03. The molecule has 1 saturated carbocycles. The quantitative estimate of drug-likeness (QED) is 0.851. The Labute approximate surface area is 97.4 Å². The Hall–Kier alpha value is -1.03. The summed E-state index contributed by atoms with van der Waals surface area (Å²) in [7, 11) is 0. The molecular weight excluding hydrogens is 256 g/mol. The number of amides is 2. The third kappa shape index (κ3) is 2.72. The minimum Gasteiger partial charge on any atom is -0.335 e. The van der Waals surface area contributed by atoms with Crippen molar-refractivity contribution in [1.29, 1.82) is 0 Å². The molecule has 1 fully saturated rings. The molecular formula is C11H13BrN2O. The molecule has 0 bridgehead atoms. The highest BCUT2D eigenvalue weighted by Crippen LogP contribution is 2.24. The predicted molar refractivity (Wildman–Crippen MR) is 64.1 cm³/mol. The lowest BCUT2D eigenvalue weighted by molar-refractivity contribution is 0.251. The smallest absolute Gasteiger partial charge is 0.319 e. The van der Waals surface area contributed by atoms with Crippen molar-refractivity contribution in [3.05, 3.63) is 28.2 Å². The lowest BCUT2D eigenvalue weighted by atomic mass is 10.2. The van der Waals surface area contributed by atoms with Crippen LogP contribution in [0.4, 0.5) is 10.5 Å². The number of halogens is 1. The van der Waals surface area contributed by atoms with Gasteiger partial charge in [-0.15, -0.1) is 0 Å². The second kappa shape index (κ2) is 4.23. The summed E-state index contributed by atoms with van der Waals surface area (Å²) >= 11 is 3.43. The number of urea groups is 1. The second-order valence-corrected chi connectivity index (χ2v) is 4.64. The molecule has 0 heterocycles. The summed E-state index contributed by atoms with van der Waals surface area (Å²) in [5, 5.41) is 5.73. The predicted octanol–water partition coefficient (Wildman–Crippen LogP) is 3.04. The topological polar surface area (TPSA) is 41.1 Å². The van der Waals surface area contributed by atoms with Crippen molar-refractivity contribution in [1.82, 2.24) is 5.32 Å². The Bertz CT molecular complexity index is 388. The zero-order valence-corrected chi connectivity index (χ0v) is 10.1. The fraction of sp³-hybridized carbons (Fsp3) is 0.364. The number of carbonyl (C=O) groups is 1. The molecule has 1 aliphatic rings. The number of carbonyl (C=O) groups excluding carboxylic acids is 1. The van der Waals surface area contributed by atoms with Crippen molar-refractivity contribution in [3.8, 4) is 0 Å². The van der Waals surface area contributed by atoms with Gasteiger partial charge < -0.3 is 10.6 Å². The average molecular weight is 269 g/mol. The van der Waals surface area contributed by atoms with Gasteiger partial charge in [0.15, 0.2) is 0 Å². The molecule has 0 aromatic heterocycles. The number of benzene rings is 1. The van der Waals surface area contributed by atoms with E-state index in [4.69, 9.17) is 0 Å². The first-order chi connectivity index (χ1) is 7.16. The van der Waals surface area contributed by atoms with Gasteiger partial charge in [-0.25, -0.2) is 4.79 Å². The van der Waals surface area contributed by atoms with E-state index in [9.17, 15) is 4.79 Å². The average Bonchev–Trinajstić information content (AvgIpc) is 2.97. The zero-order valence-electron chi connectivity index (χ0n) is 8.51. The van der Waals surface area contributed by atoms with E-state index in [-0.39, 0.29) is 6.03 Å². The number of hydrogen-bond donors (Lipinski definition) is 2. The summed E-state index contributed by atoms with van der Waals surface area (Å²) in [6.45, 7) is 1.97. The Kier molecular flexibility index (Phi) is 2.95. The fourth-order valence-corrected chi connectivity index (χ4v) is 1.68. The highest BCUT2D eigenvalue weighted by atomic mass is 79.9. The monoisotopic (exact) mass is 268 g/mol. The maximum Gasteiger partial charge on any atom is 0.319 e. The number of rotatable bonds is 2. The largest absolute Gasteiger partial charge is 0.335 e. The first-order valence-corrected chi connectivity index (χ1v) is 5.79. The van der Waals surface area contributed by atoms with Gasteiger partial charge in [-0.05, 0) is 37.5 Å². The van der Waals surface area contributed by atoms with Crippen molar-refractivity contribution in [2.45, 2.75) is 25.8 Å². The van der Waals surface area contributed by atoms with Crippen molar-refractivity contribution in [2.24, 2.45) is 0 Å². The molecule has 3 nitrogen and oxygen atoms in total. The molecule has 0 aliphatic heterocycles. The van der Waals surface area contributed by atoms with E-state index < -0.39 is 0 Å². The van der Waals surface area contributed by atoms with E-state index >= 15 is 0 Å². The van der Waals surface area contributed by atoms with Crippen LogP contribution in [-0.2, 0) is 0 Å². The first-order valence-electron chi connectivity index (χ1n) is 4.99. The lowest BCUT2D eigenvalue weighted by Crippen LogP contribution is -2.30. The van der Waals surface area contributed by atoms with E-state index in [1.165, 1.54) is 0 Å². The van der Waals surface area contributed by atoms with Crippen LogP contribution in [0.5, 0.6) is 0 Å². The highest BCUT2D eigenvalue weighted by molar-refractivity contribution is 9.10. The summed E-state index contributed by atoms with van der Waals surface area (Å²) in [5.41, 5.74) is 1.89. The summed E-state index contributed by atoms with van der Waals surface area (Å²) in [4.78, 5) is 11.5. The van der Waals surface area contributed by atoms with Crippen LogP contribution in [0.25, 0.3) is 0 Å². The minimum atomic E-state index is -0.112. The van der Waals surface area contributed by atoms with Crippen LogP contribution in [-0.4, -0.2) is 12.1 Å². The third-order valence-electron chi connectivity index (χ3n) is 2.43. The normalized spacial score (nSPS) is 14.8. The van der Waals surface area contributed by atoms with Crippen LogP contribution in [0.1, 0.15) is 18.4 Å². The minimum absolute atomic E-state index is 0.112. The van der Waals surface area contributed by atoms with Gasteiger partial charge in [-0.1, -0.05) is 22.0 Å². The van der Waals surface area contributed by atoms with Crippen LogP contribution in [0.15, 0.2) is 22.7 Å².